The molecule has 0 saturated heterocycles. The monoisotopic (exact) mass is 299 g/mol. The van der Waals surface area contributed by atoms with Gasteiger partial charge in [0.05, 0.1) is 28.7 Å². The van der Waals surface area contributed by atoms with E-state index >= 15 is 0 Å². The quantitative estimate of drug-likeness (QED) is 0.699. The summed E-state index contributed by atoms with van der Waals surface area (Å²) in [7, 11) is 1.88. The van der Waals surface area contributed by atoms with Gasteiger partial charge in [0.15, 0.2) is 0 Å². The van der Waals surface area contributed by atoms with Crippen molar-refractivity contribution in [1.29, 1.82) is 5.26 Å². The average molecular weight is 300 g/mol. The predicted molar refractivity (Wildman–Crippen MR) is 81.0 cm³/mol. The Bertz CT molecular complexity index is 837. The van der Waals surface area contributed by atoms with Crippen molar-refractivity contribution in [2.45, 2.75) is 18.8 Å². The summed E-state index contributed by atoms with van der Waals surface area (Å²) in [6, 6.07) is 9.72. The minimum atomic E-state index is -0.243. The van der Waals surface area contributed by atoms with Crippen LogP contribution in [0, 0.1) is 11.3 Å². The van der Waals surface area contributed by atoms with E-state index in [1.165, 1.54) is 0 Å². The van der Waals surface area contributed by atoms with Crippen molar-refractivity contribution in [2.75, 3.05) is 0 Å². The fourth-order valence-electron chi connectivity index (χ4n) is 2.43. The van der Waals surface area contributed by atoms with Gasteiger partial charge in [-0.15, -0.1) is 11.6 Å². The van der Waals surface area contributed by atoms with E-state index in [1.807, 2.05) is 42.9 Å². The predicted octanol–water partition coefficient (Wildman–Crippen LogP) is 2.99. The van der Waals surface area contributed by atoms with Gasteiger partial charge in [-0.2, -0.15) is 10.4 Å². The first-order valence-corrected chi connectivity index (χ1v) is 7.05. The molecule has 106 valence electrons. The molecule has 0 aliphatic carbocycles. The Morgan fingerprint density at radius 2 is 2.19 bits per heavy atom. The molecule has 0 amide bonds. The Morgan fingerprint density at radius 3 is 2.81 bits per heavy atom. The Morgan fingerprint density at radius 1 is 1.38 bits per heavy atom. The number of rotatable bonds is 3. The lowest BCUT2D eigenvalue weighted by atomic mass is 10.2. The number of aromatic nitrogens is 4. The van der Waals surface area contributed by atoms with E-state index in [4.69, 9.17) is 11.6 Å². The Labute approximate surface area is 127 Å². The van der Waals surface area contributed by atoms with Crippen molar-refractivity contribution in [3.8, 4) is 6.07 Å². The summed E-state index contributed by atoms with van der Waals surface area (Å²) in [5.74, 6) is 0.750. The highest BCUT2D eigenvalue weighted by atomic mass is 35.5. The summed E-state index contributed by atoms with van der Waals surface area (Å²) in [4.78, 5) is 4.56. The van der Waals surface area contributed by atoms with Crippen molar-refractivity contribution in [1.82, 2.24) is 19.3 Å². The summed E-state index contributed by atoms with van der Waals surface area (Å²) in [5.41, 5.74) is 3.09. The van der Waals surface area contributed by atoms with Crippen molar-refractivity contribution >= 4 is 22.6 Å². The molecule has 0 radical (unpaired) electrons. The molecule has 6 heteroatoms. The van der Waals surface area contributed by atoms with Crippen LogP contribution >= 0.6 is 11.6 Å². The zero-order valence-electron chi connectivity index (χ0n) is 11.8. The molecule has 3 aromatic rings. The fraction of sp³-hybridized carbons (Fsp3) is 0.267. The molecule has 0 spiro atoms. The van der Waals surface area contributed by atoms with Gasteiger partial charge in [-0.05, 0) is 25.1 Å². The van der Waals surface area contributed by atoms with Crippen LogP contribution in [-0.2, 0) is 13.6 Å². The summed E-state index contributed by atoms with van der Waals surface area (Å²) >= 11 is 6.25. The number of alkyl halides is 1. The number of halogens is 1. The molecular weight excluding hydrogens is 286 g/mol. The topological polar surface area (TPSA) is 59.4 Å². The normalized spacial score (nSPS) is 12.5. The minimum Gasteiger partial charge on any atom is -0.321 e. The number of aryl methyl sites for hydroxylation is 1. The van der Waals surface area contributed by atoms with Gasteiger partial charge in [-0.25, -0.2) is 4.98 Å². The number of fused-ring (bicyclic) bond motifs is 1. The molecule has 2 heterocycles. The molecule has 2 aromatic heterocycles. The maximum Gasteiger partial charge on any atom is 0.128 e. The van der Waals surface area contributed by atoms with E-state index < -0.39 is 0 Å². The number of nitrogens with zero attached hydrogens (tertiary/aromatic N) is 5. The molecule has 0 N–H and O–H groups in total. The van der Waals surface area contributed by atoms with E-state index in [-0.39, 0.29) is 5.38 Å². The van der Waals surface area contributed by atoms with E-state index in [1.54, 1.807) is 10.7 Å². The van der Waals surface area contributed by atoms with Crippen LogP contribution in [0.25, 0.3) is 11.0 Å². The average Bonchev–Trinajstić information content (AvgIpc) is 3.03. The van der Waals surface area contributed by atoms with Crippen LogP contribution in [0.15, 0.2) is 30.5 Å². The second-order valence-electron chi connectivity index (χ2n) is 4.94. The zero-order chi connectivity index (χ0) is 15.0. The third-order valence-corrected chi connectivity index (χ3v) is 3.57. The van der Waals surface area contributed by atoms with E-state index in [0.717, 1.165) is 17.0 Å². The van der Waals surface area contributed by atoms with Gasteiger partial charge in [0, 0.05) is 13.2 Å². The second kappa shape index (κ2) is 5.23. The van der Waals surface area contributed by atoms with Crippen LogP contribution < -0.4 is 0 Å². The molecule has 1 atom stereocenters. The van der Waals surface area contributed by atoms with Crippen molar-refractivity contribution < 1.29 is 0 Å². The second-order valence-corrected chi connectivity index (χ2v) is 5.59. The maximum atomic E-state index is 9.22. The molecule has 1 unspecified atom stereocenters. The highest BCUT2D eigenvalue weighted by molar-refractivity contribution is 6.20. The van der Waals surface area contributed by atoms with E-state index in [0.29, 0.717) is 17.6 Å². The highest BCUT2D eigenvalue weighted by Crippen LogP contribution is 2.27. The Hall–Kier alpha value is -2.32. The third kappa shape index (κ3) is 2.39. The van der Waals surface area contributed by atoms with Crippen LogP contribution in [0.3, 0.4) is 0 Å². The fourth-order valence-corrected chi connectivity index (χ4v) is 2.60. The molecule has 21 heavy (non-hydrogen) atoms. The minimum absolute atomic E-state index is 0.243. The van der Waals surface area contributed by atoms with Gasteiger partial charge in [0.25, 0.3) is 0 Å². The lowest BCUT2D eigenvalue weighted by Crippen LogP contribution is -2.06. The van der Waals surface area contributed by atoms with E-state index in [2.05, 4.69) is 16.2 Å². The molecule has 0 aliphatic rings. The molecule has 3 rings (SSSR count). The summed E-state index contributed by atoms with van der Waals surface area (Å²) in [6.45, 7) is 2.46. The van der Waals surface area contributed by atoms with Gasteiger partial charge in [0.2, 0.25) is 0 Å². The third-order valence-electron chi connectivity index (χ3n) is 3.37. The zero-order valence-corrected chi connectivity index (χ0v) is 12.5. The number of nitriles is 1. The first kappa shape index (κ1) is 13.7. The van der Waals surface area contributed by atoms with Crippen LogP contribution in [0.2, 0.25) is 0 Å². The van der Waals surface area contributed by atoms with E-state index in [9.17, 15) is 5.26 Å². The maximum absolute atomic E-state index is 9.22. The first-order valence-electron chi connectivity index (χ1n) is 6.62. The number of hydrogen-bond donors (Lipinski definition) is 0. The van der Waals surface area contributed by atoms with Gasteiger partial charge >= 0.3 is 0 Å². The summed E-state index contributed by atoms with van der Waals surface area (Å²) in [6.07, 6.45) is 1.90. The number of imidazole rings is 1. The molecule has 0 aliphatic heterocycles. The van der Waals surface area contributed by atoms with Gasteiger partial charge in [0.1, 0.15) is 17.4 Å². The highest BCUT2D eigenvalue weighted by Gasteiger charge is 2.17. The number of benzene rings is 1. The molecule has 0 bridgehead atoms. The van der Waals surface area contributed by atoms with Crippen LogP contribution in [-0.4, -0.2) is 19.3 Å². The van der Waals surface area contributed by atoms with Crippen LogP contribution in [0.1, 0.15) is 29.4 Å². The smallest absolute Gasteiger partial charge is 0.128 e. The largest absolute Gasteiger partial charge is 0.321 e. The van der Waals surface area contributed by atoms with Gasteiger partial charge in [-0.3, -0.25) is 4.68 Å². The first-order chi connectivity index (χ1) is 10.1. The lowest BCUT2D eigenvalue weighted by Gasteiger charge is -2.08. The van der Waals surface area contributed by atoms with Crippen molar-refractivity contribution in [2.24, 2.45) is 7.05 Å². The number of hydrogen-bond acceptors (Lipinski definition) is 3. The summed E-state index contributed by atoms with van der Waals surface area (Å²) in [5, 5.41) is 13.4. The van der Waals surface area contributed by atoms with Gasteiger partial charge in [-0.1, -0.05) is 6.07 Å². The molecule has 1 aromatic carbocycles. The Balaban J connectivity index is 2.19. The van der Waals surface area contributed by atoms with Crippen molar-refractivity contribution in [3.63, 3.8) is 0 Å². The molecule has 0 fully saturated rings. The van der Waals surface area contributed by atoms with Crippen LogP contribution in [0.4, 0.5) is 0 Å². The lowest BCUT2D eigenvalue weighted by molar-refractivity contribution is 0.689. The van der Waals surface area contributed by atoms with Gasteiger partial charge < -0.3 is 4.57 Å². The number of para-hydroxylation sites is 1. The standard InChI is InChI=1S/C15H14ClN5/c1-10(16)15-18-14-11(8-17)4-3-5-13(14)21(15)9-12-6-7-20(2)19-12/h3-7,10H,9H2,1-2H3. The molecular formula is C15H14ClN5. The van der Waals surface area contributed by atoms with Crippen molar-refractivity contribution in [3.05, 3.63) is 47.5 Å². The SMILES string of the molecule is CC(Cl)c1nc2c(C#N)cccc2n1Cc1ccn(C)n1. The molecule has 0 saturated carbocycles. The summed E-state index contributed by atoms with van der Waals surface area (Å²) < 4.78 is 3.79. The molecule has 5 nitrogen and oxygen atoms in total. The Kier molecular flexibility index (Phi) is 3.40. The van der Waals surface area contributed by atoms with Crippen LogP contribution in [0.5, 0.6) is 0 Å².